The van der Waals surface area contributed by atoms with Crippen molar-refractivity contribution in [3.8, 4) is 0 Å². The van der Waals surface area contributed by atoms with Gasteiger partial charge in [-0.1, -0.05) is 60.1 Å². The Labute approximate surface area is 387 Å². The third-order valence-corrected chi connectivity index (χ3v) is 19.6. The van der Waals surface area contributed by atoms with Crippen molar-refractivity contribution in [2.45, 2.75) is 218 Å². The average molecular weight is 943 g/mol. The van der Waals surface area contributed by atoms with E-state index in [-0.39, 0.29) is 51.6 Å². The van der Waals surface area contributed by atoms with Crippen LogP contribution in [0.5, 0.6) is 0 Å². The summed E-state index contributed by atoms with van der Waals surface area (Å²) >= 11 is 0. The summed E-state index contributed by atoms with van der Waals surface area (Å²) in [6.07, 6.45) is -17.2. The molecule has 0 bridgehead atoms. The normalized spacial score (nSPS) is 55.9. The Kier molecular flexibility index (Phi) is 13.7. The molecule has 378 valence electrons. The quantitative estimate of drug-likeness (QED) is 0.112. The Morgan fingerprint density at radius 1 is 0.682 bits per heavy atom. The highest BCUT2D eigenvalue weighted by atomic mass is 16.8. The zero-order valence-corrected chi connectivity index (χ0v) is 39.7. The van der Waals surface area contributed by atoms with Gasteiger partial charge in [0.15, 0.2) is 25.0 Å². The number of rotatable bonds is 9. The smallest absolute Gasteiger partial charge is 0.335 e. The molecule has 0 radical (unpaired) electrons. The van der Waals surface area contributed by atoms with Gasteiger partial charge in [-0.15, -0.1) is 0 Å². The molecule has 0 unspecified atom stereocenters. The first-order chi connectivity index (χ1) is 30.7. The largest absolute Gasteiger partial charge is 0.479 e. The lowest BCUT2D eigenvalue weighted by Crippen LogP contribution is -2.68. The van der Waals surface area contributed by atoms with Crippen LogP contribution in [-0.4, -0.2) is 180 Å². The molecule has 66 heavy (non-hydrogen) atoms. The molecule has 18 nitrogen and oxygen atoms in total. The third kappa shape index (κ3) is 7.78. The van der Waals surface area contributed by atoms with E-state index in [4.69, 9.17) is 28.4 Å². The van der Waals surface area contributed by atoms with Crippen LogP contribution in [0.15, 0.2) is 11.6 Å². The molecule has 0 aromatic rings. The zero-order chi connectivity index (χ0) is 48.4. The van der Waals surface area contributed by atoms with Crippen LogP contribution in [0.1, 0.15) is 113 Å². The molecule has 5 aliphatic carbocycles. The second-order valence-electron chi connectivity index (χ2n) is 23.6. The maximum absolute atomic E-state index is 12.4. The van der Waals surface area contributed by atoms with Crippen molar-refractivity contribution >= 4 is 5.97 Å². The maximum atomic E-state index is 12.4. The number of allylic oxidation sites excluding steroid dienone is 2. The predicted molar refractivity (Wildman–Crippen MR) is 231 cm³/mol. The second-order valence-corrected chi connectivity index (χ2v) is 23.6. The molecule has 11 N–H and O–H groups in total. The minimum Gasteiger partial charge on any atom is -0.479 e. The van der Waals surface area contributed by atoms with Crippen LogP contribution in [0.25, 0.3) is 0 Å². The summed E-state index contributed by atoms with van der Waals surface area (Å²) in [6.45, 7) is 16.3. The molecular weight excluding hydrogens is 865 g/mol. The fourth-order valence-corrected chi connectivity index (χ4v) is 15.0. The fourth-order valence-electron chi connectivity index (χ4n) is 15.0. The van der Waals surface area contributed by atoms with Gasteiger partial charge in [0, 0.05) is 5.41 Å². The molecule has 18 heteroatoms. The first-order valence-corrected chi connectivity index (χ1v) is 24.3. The number of fused-ring (bicyclic) bond motifs is 7. The van der Waals surface area contributed by atoms with Crippen molar-refractivity contribution in [2.24, 2.45) is 50.2 Å². The number of aliphatic hydroxyl groups excluding tert-OH is 10. The van der Waals surface area contributed by atoms with E-state index >= 15 is 0 Å². The van der Waals surface area contributed by atoms with Gasteiger partial charge in [0.25, 0.3) is 0 Å². The maximum Gasteiger partial charge on any atom is 0.335 e. The Hall–Kier alpha value is -1.43. The summed E-state index contributed by atoms with van der Waals surface area (Å²) < 4.78 is 35.8. The fraction of sp³-hybridized carbons (Fsp3) is 0.938. The number of aliphatic hydroxyl groups is 10. The van der Waals surface area contributed by atoms with Gasteiger partial charge in [-0.05, 0) is 110 Å². The third-order valence-electron chi connectivity index (χ3n) is 19.6. The van der Waals surface area contributed by atoms with Crippen LogP contribution in [0.3, 0.4) is 0 Å². The van der Waals surface area contributed by atoms with Crippen molar-refractivity contribution in [1.82, 2.24) is 0 Å². The number of aliphatic carboxylic acids is 1. The highest BCUT2D eigenvalue weighted by molar-refractivity contribution is 5.73. The number of carbonyl (C=O) groups is 1. The molecule has 0 aromatic carbocycles. The van der Waals surface area contributed by atoms with Crippen LogP contribution in [0, 0.1) is 50.2 Å². The summed E-state index contributed by atoms with van der Waals surface area (Å²) in [7, 11) is 0. The van der Waals surface area contributed by atoms with Gasteiger partial charge in [0.05, 0.1) is 31.5 Å². The summed E-state index contributed by atoms with van der Waals surface area (Å²) in [5.74, 6) is -1.01. The minimum absolute atomic E-state index is 0.0298. The van der Waals surface area contributed by atoms with Crippen molar-refractivity contribution in [3.63, 3.8) is 0 Å². The van der Waals surface area contributed by atoms with Gasteiger partial charge < -0.3 is 84.6 Å². The number of carboxylic acid groups (broad SMARTS) is 1. The van der Waals surface area contributed by atoms with Crippen LogP contribution < -0.4 is 0 Å². The molecule has 0 amide bonds. The van der Waals surface area contributed by atoms with E-state index in [2.05, 4.69) is 47.6 Å². The van der Waals surface area contributed by atoms with E-state index in [0.717, 1.165) is 44.9 Å². The Bertz CT molecular complexity index is 1820. The van der Waals surface area contributed by atoms with Gasteiger partial charge in [0.2, 0.25) is 0 Å². The summed E-state index contributed by atoms with van der Waals surface area (Å²) in [6, 6.07) is 0. The van der Waals surface area contributed by atoms with Crippen molar-refractivity contribution < 1.29 is 89.4 Å². The van der Waals surface area contributed by atoms with E-state index < -0.39 is 116 Å². The zero-order valence-electron chi connectivity index (χ0n) is 39.7. The van der Waals surface area contributed by atoms with E-state index in [1.165, 1.54) is 6.92 Å². The molecule has 8 rings (SSSR count). The topological polar surface area (TPSA) is 295 Å². The molecule has 3 aliphatic heterocycles. The first-order valence-electron chi connectivity index (χ1n) is 24.3. The second kappa shape index (κ2) is 17.7. The van der Waals surface area contributed by atoms with Gasteiger partial charge in [-0.2, -0.15) is 0 Å². The summed E-state index contributed by atoms with van der Waals surface area (Å²) in [5, 5.41) is 120. The van der Waals surface area contributed by atoms with Crippen LogP contribution in [-0.2, 0) is 33.2 Å². The molecule has 0 aromatic heterocycles. The molecule has 25 atom stereocenters. The Morgan fingerprint density at radius 2 is 1.35 bits per heavy atom. The number of ether oxygens (including phenoxy) is 6. The Morgan fingerprint density at radius 3 is 2.00 bits per heavy atom. The first kappa shape index (κ1) is 50.9. The summed E-state index contributed by atoms with van der Waals surface area (Å²) in [5.41, 5.74) is 0.1000. The van der Waals surface area contributed by atoms with Gasteiger partial charge >= 0.3 is 5.97 Å². The standard InChI is InChI=1S/C48H78O18/c1-21-29(52)31(54)34(57)40(61-21)64-36-30(53)24(19-49)62-41(35(36)58)66-38-33(56)32(55)37(39(59)60)65-42(38)63-28-12-13-45(5)25(46(28,6)20-50)11-14-48(8)26(45)10-9-22-23-17-43(2,3)27(51)18-44(23,4)15-16-47(22,48)7/h9,21,23-38,40-42,49-58H,10-20H2,1-8H3,(H,59,60)/t21-,23+,24+,25+,26+,27+,28-,29-,30+,31+,32-,33-,34+,35+,36-,37-,38+,40-,41-,42+,44-,45-,46+,47+,48+/m0/s1. The lowest BCUT2D eigenvalue weighted by atomic mass is 9.33. The SMILES string of the molecule is C[C@@H]1O[C@@H](O[C@@H]2[C@@H](O)[C@H](O[C@H]3[C@H](O[C@H]4CC[C@@]5(C)[C@@H](CC[C@]6(C)[C@@H]5CC=C5[C@H]7CC(C)(C)[C@H](O)C[C@]7(C)CC[C@]56C)[C@@]4(C)CO)O[C@H](C(=O)O)[C@@H](O)[C@@H]3O)O[C@H](CO)[C@H]2O)[C@H](O)[C@H](O)[C@H]1O. The molecule has 7 fully saturated rings. The lowest BCUT2D eigenvalue weighted by Gasteiger charge is -2.71. The monoisotopic (exact) mass is 943 g/mol. The van der Waals surface area contributed by atoms with E-state index in [9.17, 15) is 61.0 Å². The molecule has 4 saturated carbocycles. The molecule has 8 aliphatic rings. The molecular formula is C48H78O18. The van der Waals surface area contributed by atoms with Crippen molar-refractivity contribution in [1.29, 1.82) is 0 Å². The van der Waals surface area contributed by atoms with E-state index in [1.54, 1.807) is 5.57 Å². The predicted octanol–water partition coefficient (Wildman–Crippen LogP) is 0.705. The van der Waals surface area contributed by atoms with E-state index in [0.29, 0.717) is 18.8 Å². The minimum atomic E-state index is -2.05. The number of hydrogen-bond acceptors (Lipinski definition) is 17. The molecule has 3 saturated heterocycles. The highest BCUT2D eigenvalue weighted by Gasteiger charge is 2.69. The number of hydrogen-bond donors (Lipinski definition) is 11. The molecule has 0 spiro atoms. The Balaban J connectivity index is 1.05. The van der Waals surface area contributed by atoms with Crippen molar-refractivity contribution in [2.75, 3.05) is 13.2 Å². The highest BCUT2D eigenvalue weighted by Crippen LogP contribution is 2.76. The molecule has 3 heterocycles. The number of carboxylic acids is 1. The van der Waals surface area contributed by atoms with E-state index in [1.807, 2.05) is 6.92 Å². The van der Waals surface area contributed by atoms with Crippen LogP contribution in [0.4, 0.5) is 0 Å². The lowest BCUT2D eigenvalue weighted by molar-refractivity contribution is -0.389. The van der Waals surface area contributed by atoms with Crippen LogP contribution in [0.2, 0.25) is 0 Å². The van der Waals surface area contributed by atoms with Gasteiger partial charge in [0.1, 0.15) is 61.0 Å². The van der Waals surface area contributed by atoms with Crippen LogP contribution >= 0.6 is 0 Å². The average Bonchev–Trinajstić information content (AvgIpc) is 3.25. The van der Waals surface area contributed by atoms with Crippen molar-refractivity contribution in [3.05, 3.63) is 11.6 Å². The van der Waals surface area contributed by atoms with Gasteiger partial charge in [-0.3, -0.25) is 0 Å². The summed E-state index contributed by atoms with van der Waals surface area (Å²) in [4.78, 5) is 12.4. The van der Waals surface area contributed by atoms with Gasteiger partial charge in [-0.25, -0.2) is 4.79 Å².